The zero-order chi connectivity index (χ0) is 14.5. The zero-order valence-corrected chi connectivity index (χ0v) is 12.1. The number of carbonyl (C=O) groups excluding carboxylic acids is 1. The highest BCUT2D eigenvalue weighted by Crippen LogP contribution is 2.10. The van der Waals surface area contributed by atoms with E-state index in [2.05, 4.69) is 16.6 Å². The molecule has 0 atom stereocenters. The maximum Gasteiger partial charge on any atom is 0.271 e. The van der Waals surface area contributed by atoms with Crippen molar-refractivity contribution in [3.8, 4) is 0 Å². The standard InChI is InChI=1S/C16H15ClN2O/c1-11-3-4-14(12(2)9-11)10-18-19-16(20)13-5-7-15(17)8-6-13/h3-10H,1-2H3,(H,19,20)/b18-10+. The first-order valence-electron chi connectivity index (χ1n) is 6.22. The van der Waals surface area contributed by atoms with Crippen LogP contribution in [0.3, 0.4) is 0 Å². The lowest BCUT2D eigenvalue weighted by Gasteiger charge is -2.02. The molecule has 1 amide bonds. The summed E-state index contributed by atoms with van der Waals surface area (Å²) >= 11 is 5.77. The highest BCUT2D eigenvalue weighted by molar-refractivity contribution is 6.30. The summed E-state index contributed by atoms with van der Waals surface area (Å²) in [6.45, 7) is 4.05. The lowest BCUT2D eigenvalue weighted by Crippen LogP contribution is -2.17. The fourth-order valence-electron chi connectivity index (χ4n) is 1.80. The fraction of sp³-hybridized carbons (Fsp3) is 0.125. The van der Waals surface area contributed by atoms with Crippen molar-refractivity contribution < 1.29 is 4.79 Å². The van der Waals surface area contributed by atoms with Crippen LogP contribution in [0, 0.1) is 13.8 Å². The van der Waals surface area contributed by atoms with Crippen molar-refractivity contribution in [2.45, 2.75) is 13.8 Å². The van der Waals surface area contributed by atoms with Gasteiger partial charge < -0.3 is 0 Å². The number of aryl methyl sites for hydroxylation is 2. The Morgan fingerprint density at radius 1 is 1.15 bits per heavy atom. The van der Waals surface area contributed by atoms with Crippen molar-refractivity contribution in [2.24, 2.45) is 5.10 Å². The van der Waals surface area contributed by atoms with Crippen molar-refractivity contribution in [3.63, 3.8) is 0 Å². The molecule has 0 radical (unpaired) electrons. The van der Waals surface area contributed by atoms with Crippen LogP contribution in [0.25, 0.3) is 0 Å². The van der Waals surface area contributed by atoms with E-state index in [0.29, 0.717) is 10.6 Å². The molecule has 0 heterocycles. The van der Waals surface area contributed by atoms with Gasteiger partial charge in [0.2, 0.25) is 0 Å². The highest BCUT2D eigenvalue weighted by atomic mass is 35.5. The largest absolute Gasteiger partial charge is 0.271 e. The van der Waals surface area contributed by atoms with Gasteiger partial charge in [-0.2, -0.15) is 5.10 Å². The van der Waals surface area contributed by atoms with Gasteiger partial charge in [0.1, 0.15) is 0 Å². The van der Waals surface area contributed by atoms with Gasteiger partial charge in [0.25, 0.3) is 5.91 Å². The van der Waals surface area contributed by atoms with E-state index in [1.165, 1.54) is 5.56 Å². The van der Waals surface area contributed by atoms with Crippen molar-refractivity contribution in [3.05, 3.63) is 69.7 Å². The van der Waals surface area contributed by atoms with Gasteiger partial charge in [-0.05, 0) is 49.2 Å². The minimum atomic E-state index is -0.261. The maximum atomic E-state index is 11.8. The molecule has 0 saturated heterocycles. The molecule has 0 aliphatic rings. The van der Waals surface area contributed by atoms with Crippen LogP contribution < -0.4 is 5.43 Å². The second-order valence-electron chi connectivity index (χ2n) is 4.57. The van der Waals surface area contributed by atoms with Crippen molar-refractivity contribution >= 4 is 23.7 Å². The Balaban J connectivity index is 2.02. The number of rotatable bonds is 3. The van der Waals surface area contributed by atoms with Crippen LogP contribution >= 0.6 is 11.6 Å². The summed E-state index contributed by atoms with van der Waals surface area (Å²) in [5.74, 6) is -0.261. The number of amides is 1. The molecule has 102 valence electrons. The van der Waals surface area contributed by atoms with E-state index in [0.717, 1.165) is 11.1 Å². The molecule has 0 fully saturated rings. The number of carbonyl (C=O) groups is 1. The predicted octanol–water partition coefficient (Wildman–Crippen LogP) is 3.72. The normalized spacial score (nSPS) is 10.8. The van der Waals surface area contributed by atoms with E-state index in [1.54, 1.807) is 30.5 Å². The predicted molar refractivity (Wildman–Crippen MR) is 82.4 cm³/mol. The molecule has 0 saturated carbocycles. The molecule has 2 aromatic carbocycles. The van der Waals surface area contributed by atoms with Crippen LogP contribution in [-0.2, 0) is 0 Å². The summed E-state index contributed by atoms with van der Waals surface area (Å²) in [4.78, 5) is 11.8. The minimum absolute atomic E-state index is 0.261. The minimum Gasteiger partial charge on any atom is -0.267 e. The quantitative estimate of drug-likeness (QED) is 0.678. The van der Waals surface area contributed by atoms with E-state index in [4.69, 9.17) is 11.6 Å². The molecule has 0 unspecified atom stereocenters. The molecule has 20 heavy (non-hydrogen) atoms. The summed E-state index contributed by atoms with van der Waals surface area (Å²) in [5.41, 5.74) is 6.31. The Morgan fingerprint density at radius 3 is 2.50 bits per heavy atom. The van der Waals surface area contributed by atoms with Crippen LogP contribution in [0.5, 0.6) is 0 Å². The number of hydrogen-bond acceptors (Lipinski definition) is 2. The summed E-state index contributed by atoms with van der Waals surface area (Å²) in [6, 6.07) is 12.7. The van der Waals surface area contributed by atoms with Crippen LogP contribution in [0.1, 0.15) is 27.0 Å². The Labute approximate surface area is 123 Å². The smallest absolute Gasteiger partial charge is 0.267 e. The third-order valence-electron chi connectivity index (χ3n) is 2.90. The monoisotopic (exact) mass is 286 g/mol. The van der Waals surface area contributed by atoms with Gasteiger partial charge in [-0.15, -0.1) is 0 Å². The zero-order valence-electron chi connectivity index (χ0n) is 11.4. The number of nitrogens with one attached hydrogen (secondary N) is 1. The third-order valence-corrected chi connectivity index (χ3v) is 3.15. The van der Waals surface area contributed by atoms with Gasteiger partial charge in [-0.3, -0.25) is 4.79 Å². The second kappa shape index (κ2) is 6.35. The molecule has 0 bridgehead atoms. The lowest BCUT2D eigenvalue weighted by atomic mass is 10.1. The van der Waals surface area contributed by atoms with Gasteiger partial charge in [0.15, 0.2) is 0 Å². The first kappa shape index (κ1) is 14.3. The number of hydrogen-bond donors (Lipinski definition) is 1. The van der Waals surface area contributed by atoms with Crippen LogP contribution in [0.4, 0.5) is 0 Å². The van der Waals surface area contributed by atoms with Crippen molar-refractivity contribution in [1.29, 1.82) is 0 Å². The van der Waals surface area contributed by atoms with Crippen LogP contribution in [-0.4, -0.2) is 12.1 Å². The Hall–Kier alpha value is -2.13. The molecule has 2 aromatic rings. The Bertz CT molecular complexity index is 648. The number of halogens is 1. The summed E-state index contributed by atoms with van der Waals surface area (Å²) in [6.07, 6.45) is 1.64. The van der Waals surface area contributed by atoms with Crippen LogP contribution in [0.2, 0.25) is 5.02 Å². The summed E-state index contributed by atoms with van der Waals surface area (Å²) in [5, 5.41) is 4.57. The number of hydrazone groups is 1. The molecule has 1 N–H and O–H groups in total. The van der Waals surface area contributed by atoms with Crippen molar-refractivity contribution in [1.82, 2.24) is 5.43 Å². The van der Waals surface area contributed by atoms with E-state index < -0.39 is 0 Å². The summed E-state index contributed by atoms with van der Waals surface area (Å²) in [7, 11) is 0. The van der Waals surface area contributed by atoms with Gasteiger partial charge in [-0.1, -0.05) is 35.4 Å². The van der Waals surface area contributed by atoms with E-state index >= 15 is 0 Å². The van der Waals surface area contributed by atoms with E-state index in [1.807, 2.05) is 26.0 Å². The Morgan fingerprint density at radius 2 is 1.85 bits per heavy atom. The average Bonchev–Trinajstić information content (AvgIpc) is 2.42. The van der Waals surface area contributed by atoms with Crippen molar-refractivity contribution in [2.75, 3.05) is 0 Å². The van der Waals surface area contributed by atoms with E-state index in [9.17, 15) is 4.79 Å². The number of nitrogens with zero attached hydrogens (tertiary/aromatic N) is 1. The first-order chi connectivity index (χ1) is 9.56. The third kappa shape index (κ3) is 3.68. The molecule has 2 rings (SSSR count). The molecular weight excluding hydrogens is 272 g/mol. The molecule has 3 nitrogen and oxygen atoms in total. The molecular formula is C16H15ClN2O. The highest BCUT2D eigenvalue weighted by Gasteiger charge is 2.03. The molecule has 0 aliphatic carbocycles. The van der Waals surface area contributed by atoms with Gasteiger partial charge in [-0.25, -0.2) is 5.43 Å². The maximum absolute atomic E-state index is 11.8. The van der Waals surface area contributed by atoms with E-state index in [-0.39, 0.29) is 5.91 Å². The molecule has 4 heteroatoms. The second-order valence-corrected chi connectivity index (χ2v) is 5.00. The first-order valence-corrected chi connectivity index (χ1v) is 6.60. The molecule has 0 aliphatic heterocycles. The topological polar surface area (TPSA) is 41.5 Å². The van der Waals surface area contributed by atoms with Gasteiger partial charge in [0, 0.05) is 10.6 Å². The Kier molecular flexibility index (Phi) is 4.53. The lowest BCUT2D eigenvalue weighted by molar-refractivity contribution is 0.0955. The molecule has 0 aromatic heterocycles. The SMILES string of the molecule is Cc1ccc(/C=N/NC(=O)c2ccc(Cl)cc2)c(C)c1. The van der Waals surface area contributed by atoms with Gasteiger partial charge >= 0.3 is 0 Å². The fourth-order valence-corrected chi connectivity index (χ4v) is 1.92. The van der Waals surface area contributed by atoms with Gasteiger partial charge in [0.05, 0.1) is 6.21 Å². The number of benzene rings is 2. The van der Waals surface area contributed by atoms with Crippen LogP contribution in [0.15, 0.2) is 47.6 Å². The molecule has 0 spiro atoms. The average molecular weight is 287 g/mol. The summed E-state index contributed by atoms with van der Waals surface area (Å²) < 4.78 is 0.